The van der Waals surface area contributed by atoms with Crippen LogP contribution in [-0.2, 0) is 0 Å². The van der Waals surface area contributed by atoms with Crippen LogP contribution in [0.25, 0.3) is 0 Å². The van der Waals surface area contributed by atoms with Gasteiger partial charge in [-0.05, 0) is 37.1 Å². The number of hydrogen-bond acceptors (Lipinski definition) is 5. The van der Waals surface area contributed by atoms with E-state index in [1.807, 2.05) is 0 Å². The van der Waals surface area contributed by atoms with Crippen molar-refractivity contribution in [2.45, 2.75) is 38.5 Å². The third-order valence-electron chi connectivity index (χ3n) is 3.15. The third kappa shape index (κ3) is 40.7. The maximum Gasteiger partial charge on any atom is 0.209 e. The molecular formula is C17H26Cl3I5N8. The molecule has 33 heavy (non-hydrogen) atoms. The Morgan fingerprint density at radius 3 is 1.88 bits per heavy atom. The number of anilines is 1. The van der Waals surface area contributed by atoms with Crippen molar-refractivity contribution in [1.29, 1.82) is 10.5 Å². The summed E-state index contributed by atoms with van der Waals surface area (Å²) in [5.74, 6) is 0.567. The molecule has 16 heteroatoms. The van der Waals surface area contributed by atoms with Crippen LogP contribution in [0, 0.1) is 22.9 Å². The van der Waals surface area contributed by atoms with E-state index in [4.69, 9.17) is 48.2 Å². The van der Waals surface area contributed by atoms with E-state index in [9.17, 15) is 0 Å². The number of unbranched alkanes of at least 4 members (excludes halogenated alkanes) is 4. The summed E-state index contributed by atoms with van der Waals surface area (Å²) in [6, 6.07) is 7.05. The number of halogens is 8. The number of nitrogens with zero attached hydrogens (tertiary/aromatic N) is 4. The zero-order valence-corrected chi connectivity index (χ0v) is 30.4. The number of aliphatic imine (C=N–C) groups is 2. The number of nitriles is 2. The average Bonchev–Trinajstić information content (AvgIpc) is 2.74. The molecule has 0 heterocycles. The van der Waals surface area contributed by atoms with Gasteiger partial charge < -0.3 is 22.5 Å². The van der Waals surface area contributed by atoms with E-state index in [-0.39, 0.29) is 18.4 Å². The van der Waals surface area contributed by atoms with Gasteiger partial charge in [0.1, 0.15) is 5.84 Å². The van der Waals surface area contributed by atoms with Crippen molar-refractivity contribution in [2.24, 2.45) is 21.5 Å². The van der Waals surface area contributed by atoms with Gasteiger partial charge in [-0.1, -0.05) is 30.9 Å². The SMILES string of the molecule is Cl.ClI(I)I.II.N#CN=C(N)CCCCCCCNC(N)=NC#N.Nc1ccc(Cl)cc1. The van der Waals surface area contributed by atoms with Gasteiger partial charge in [0.05, 0.1) is 0 Å². The number of rotatable bonds is 8. The Labute approximate surface area is 261 Å². The van der Waals surface area contributed by atoms with Gasteiger partial charge in [0.2, 0.25) is 18.3 Å². The Morgan fingerprint density at radius 1 is 0.970 bits per heavy atom. The summed E-state index contributed by atoms with van der Waals surface area (Å²) in [6.07, 6.45) is 9.10. The standard InChI is InChI=1S/C11H19N7.C6H6ClN.ClI3.ClH.I2/c12-8-17-10(14)6-4-2-1-3-5-7-16-11(15)18-9-13;7-5-1-3-6(8)4-2-5;1-4(2)3;;1-2/h1-7H2,(H2,14,17)(H3,15,16,18);1-4H,8H2;;1H;. The fraction of sp³-hybridized carbons (Fsp3) is 0.412. The van der Waals surface area contributed by atoms with E-state index in [0.29, 0.717) is 12.3 Å². The van der Waals surface area contributed by atoms with Crippen LogP contribution in [0.1, 0.15) is 38.5 Å². The molecule has 0 unspecified atom stereocenters. The number of nitrogen functional groups attached to an aromatic ring is 1. The van der Waals surface area contributed by atoms with E-state index in [1.54, 1.807) is 36.7 Å². The van der Waals surface area contributed by atoms with Gasteiger partial charge in [0.15, 0.2) is 0 Å². The summed E-state index contributed by atoms with van der Waals surface area (Å²) in [5.41, 5.74) is 17.0. The van der Waals surface area contributed by atoms with E-state index >= 15 is 0 Å². The van der Waals surface area contributed by atoms with Crippen LogP contribution in [0.4, 0.5) is 5.69 Å². The summed E-state index contributed by atoms with van der Waals surface area (Å²) >= 11 is 14.3. The number of benzene rings is 1. The molecule has 0 atom stereocenters. The molecule has 0 saturated heterocycles. The van der Waals surface area contributed by atoms with Gasteiger partial charge in [0.25, 0.3) is 0 Å². The molecule has 0 aliphatic rings. The molecule has 0 saturated carbocycles. The normalized spacial score (nSPS) is 10.1. The van der Waals surface area contributed by atoms with Gasteiger partial charge in [-0.15, -0.1) is 17.4 Å². The van der Waals surface area contributed by atoms with Crippen molar-refractivity contribution in [3.63, 3.8) is 0 Å². The van der Waals surface area contributed by atoms with E-state index in [2.05, 4.69) is 89.8 Å². The summed E-state index contributed by atoms with van der Waals surface area (Å²) in [4.78, 5) is 6.79. The minimum atomic E-state index is -0.851. The quantitative estimate of drug-likeness (QED) is 0.0515. The summed E-state index contributed by atoms with van der Waals surface area (Å²) < 4.78 is 0. The molecule has 0 aromatic heterocycles. The van der Waals surface area contributed by atoms with Crippen molar-refractivity contribution in [1.82, 2.24) is 5.32 Å². The minimum Gasteiger partial charge on any atom is -0.399 e. The molecule has 190 valence electrons. The monoisotopic (exact) mass is 1080 g/mol. The second-order valence-electron chi connectivity index (χ2n) is 5.46. The Bertz CT molecular complexity index is 650. The summed E-state index contributed by atoms with van der Waals surface area (Å²) in [7, 11) is 4.55. The fourth-order valence-electron chi connectivity index (χ4n) is 1.85. The molecule has 7 N–H and O–H groups in total. The number of nitrogens with two attached hydrogens (primary N) is 3. The second kappa shape index (κ2) is 33.3. The zero-order valence-electron chi connectivity index (χ0n) is 17.3. The molecule has 1 aromatic carbocycles. The van der Waals surface area contributed by atoms with Crippen molar-refractivity contribution < 1.29 is 0 Å². The van der Waals surface area contributed by atoms with Crippen LogP contribution in [-0.4, -0.2) is 18.3 Å². The van der Waals surface area contributed by atoms with Crippen LogP contribution < -0.4 is 22.5 Å². The number of guanidine groups is 1. The Balaban J connectivity index is -0.000000230. The molecular weight excluding hydrogens is 1060 g/mol. The van der Waals surface area contributed by atoms with Gasteiger partial charge in [-0.2, -0.15) is 15.5 Å². The predicted octanol–water partition coefficient (Wildman–Crippen LogP) is 8.01. The molecule has 0 aliphatic carbocycles. The smallest absolute Gasteiger partial charge is 0.209 e. The third-order valence-corrected chi connectivity index (χ3v) is 3.40. The fourth-order valence-corrected chi connectivity index (χ4v) is 1.98. The molecule has 0 fully saturated rings. The first-order valence-electron chi connectivity index (χ1n) is 8.75. The second-order valence-corrected chi connectivity index (χ2v) is 36.6. The average molecular weight is 1080 g/mol. The Kier molecular flexibility index (Phi) is 41.7. The van der Waals surface area contributed by atoms with Crippen molar-refractivity contribution >= 4 is 136 Å². The van der Waals surface area contributed by atoms with E-state index < -0.39 is 10.7 Å². The van der Waals surface area contributed by atoms with E-state index in [0.717, 1.165) is 49.4 Å². The van der Waals surface area contributed by atoms with Crippen molar-refractivity contribution in [3.8, 4) is 12.4 Å². The molecule has 1 rings (SSSR count). The Hall–Kier alpha value is 1.26. The minimum absolute atomic E-state index is 0. The molecule has 0 spiro atoms. The molecule has 0 radical (unpaired) electrons. The first-order valence-corrected chi connectivity index (χ1v) is 30.7. The molecule has 1 aromatic rings. The molecule has 0 bridgehead atoms. The number of nitrogens with one attached hydrogen (secondary N) is 1. The largest absolute Gasteiger partial charge is 0.399 e. The van der Waals surface area contributed by atoms with Crippen molar-refractivity contribution in [3.05, 3.63) is 29.3 Å². The van der Waals surface area contributed by atoms with Crippen LogP contribution in [0.3, 0.4) is 0 Å². The molecule has 0 aliphatic heterocycles. The maximum absolute atomic E-state index is 8.26. The van der Waals surface area contributed by atoms with Crippen LogP contribution >= 0.6 is 118 Å². The van der Waals surface area contributed by atoms with Crippen LogP contribution in [0.15, 0.2) is 34.3 Å². The zero-order chi connectivity index (χ0) is 25.2. The number of hydrogen-bond donors (Lipinski definition) is 4. The first kappa shape index (κ1) is 41.4. The Morgan fingerprint density at radius 2 is 1.42 bits per heavy atom. The number of amidine groups is 1. The van der Waals surface area contributed by atoms with E-state index in [1.165, 1.54) is 0 Å². The molecule has 8 nitrogen and oxygen atoms in total. The van der Waals surface area contributed by atoms with Crippen LogP contribution in [0.5, 0.6) is 0 Å². The predicted molar refractivity (Wildman–Crippen MR) is 189 cm³/mol. The van der Waals surface area contributed by atoms with Gasteiger partial charge in [-0.25, -0.2) is 0 Å². The van der Waals surface area contributed by atoms with Gasteiger partial charge in [0, 0.05) is 60.9 Å². The van der Waals surface area contributed by atoms with Gasteiger partial charge in [-0.3, -0.25) is 0 Å². The first-order chi connectivity index (χ1) is 15.2. The van der Waals surface area contributed by atoms with Gasteiger partial charge >= 0.3 is 56.9 Å². The summed E-state index contributed by atoms with van der Waals surface area (Å²) in [5, 5.41) is 20.0. The van der Waals surface area contributed by atoms with Crippen LogP contribution in [0.2, 0.25) is 5.02 Å². The maximum atomic E-state index is 8.26. The topological polar surface area (TPSA) is 162 Å². The van der Waals surface area contributed by atoms with Crippen molar-refractivity contribution in [2.75, 3.05) is 12.3 Å². The molecule has 0 amide bonds. The summed E-state index contributed by atoms with van der Waals surface area (Å²) in [6.45, 7) is 0.717.